The van der Waals surface area contributed by atoms with Crippen molar-refractivity contribution in [3.05, 3.63) is 42.0 Å². The Morgan fingerprint density at radius 1 is 1.25 bits per heavy atom. The van der Waals surface area contributed by atoms with Gasteiger partial charge in [-0.25, -0.2) is 0 Å². The number of hydrogen-bond acceptors (Lipinski definition) is 4. The van der Waals surface area contributed by atoms with Gasteiger partial charge in [-0.15, -0.1) is 10.2 Å². The lowest BCUT2D eigenvalue weighted by Gasteiger charge is -2.31. The van der Waals surface area contributed by atoms with Crippen molar-refractivity contribution in [3.8, 4) is 0 Å². The second-order valence-corrected chi connectivity index (χ2v) is 4.93. The topological polar surface area (TPSA) is 54.2 Å². The van der Waals surface area contributed by atoms with Crippen LogP contribution in [0.25, 0.3) is 0 Å². The Kier molecular flexibility index (Phi) is 4.74. The molecular weight excluding hydrogens is 252 g/mol. The number of aryl methyl sites for hydroxylation is 1. The van der Waals surface area contributed by atoms with E-state index in [1.54, 1.807) is 0 Å². The van der Waals surface area contributed by atoms with E-state index in [0.29, 0.717) is 6.54 Å². The van der Waals surface area contributed by atoms with E-state index in [-0.39, 0.29) is 12.6 Å². The molecule has 0 spiro atoms. The summed E-state index contributed by atoms with van der Waals surface area (Å²) >= 11 is 0. The standard InChI is InChI=1S/C15H22N4O/c1-4-13(11-20)19(14-8-6-5-7-9-14)10-15-17-16-12(2)18(15)3/h5-9,13,20H,4,10-11H2,1-3H3. The molecule has 5 heteroatoms. The van der Waals surface area contributed by atoms with Gasteiger partial charge in [0.25, 0.3) is 0 Å². The van der Waals surface area contributed by atoms with Crippen molar-refractivity contribution in [2.45, 2.75) is 32.9 Å². The maximum atomic E-state index is 9.63. The number of hydrogen-bond donors (Lipinski definition) is 1. The molecule has 0 radical (unpaired) electrons. The molecule has 0 amide bonds. The summed E-state index contributed by atoms with van der Waals surface area (Å²) in [5, 5.41) is 17.9. The molecule has 5 nitrogen and oxygen atoms in total. The molecular formula is C15H22N4O. The number of aliphatic hydroxyl groups is 1. The van der Waals surface area contributed by atoms with E-state index in [2.05, 4.69) is 34.2 Å². The van der Waals surface area contributed by atoms with Gasteiger partial charge in [0.1, 0.15) is 5.82 Å². The smallest absolute Gasteiger partial charge is 0.152 e. The molecule has 0 bridgehead atoms. The van der Waals surface area contributed by atoms with Crippen LogP contribution in [0.5, 0.6) is 0 Å². The molecule has 1 aromatic carbocycles. The fourth-order valence-electron chi connectivity index (χ4n) is 2.24. The van der Waals surface area contributed by atoms with Gasteiger partial charge in [-0.3, -0.25) is 0 Å². The summed E-state index contributed by atoms with van der Waals surface area (Å²) in [5.41, 5.74) is 1.09. The van der Waals surface area contributed by atoms with Crippen molar-refractivity contribution in [3.63, 3.8) is 0 Å². The first-order valence-corrected chi connectivity index (χ1v) is 6.94. The first-order chi connectivity index (χ1) is 9.67. The Balaban J connectivity index is 2.30. The van der Waals surface area contributed by atoms with Crippen molar-refractivity contribution < 1.29 is 5.11 Å². The van der Waals surface area contributed by atoms with Gasteiger partial charge in [-0.2, -0.15) is 0 Å². The monoisotopic (exact) mass is 274 g/mol. The highest BCUT2D eigenvalue weighted by molar-refractivity contribution is 5.47. The molecule has 0 fully saturated rings. The van der Waals surface area contributed by atoms with E-state index in [1.165, 1.54) is 0 Å². The van der Waals surface area contributed by atoms with E-state index in [4.69, 9.17) is 0 Å². The summed E-state index contributed by atoms with van der Waals surface area (Å²) in [6.07, 6.45) is 0.877. The normalized spacial score (nSPS) is 12.4. The Morgan fingerprint density at radius 3 is 2.45 bits per heavy atom. The molecule has 0 aliphatic carbocycles. The van der Waals surface area contributed by atoms with Crippen LogP contribution in [0.3, 0.4) is 0 Å². The molecule has 0 aliphatic heterocycles. The first kappa shape index (κ1) is 14.5. The lowest BCUT2D eigenvalue weighted by Crippen LogP contribution is -2.37. The van der Waals surface area contributed by atoms with Crippen LogP contribution < -0.4 is 4.90 Å². The molecule has 108 valence electrons. The number of aromatic nitrogens is 3. The van der Waals surface area contributed by atoms with Crippen LogP contribution in [0.2, 0.25) is 0 Å². The Hall–Kier alpha value is -1.88. The summed E-state index contributed by atoms with van der Waals surface area (Å²) in [7, 11) is 1.97. The molecule has 0 saturated carbocycles. The minimum absolute atomic E-state index is 0.0782. The molecule has 0 saturated heterocycles. The second-order valence-electron chi connectivity index (χ2n) is 4.93. The third-order valence-corrected chi connectivity index (χ3v) is 3.71. The van der Waals surface area contributed by atoms with Crippen LogP contribution >= 0.6 is 0 Å². The molecule has 1 N–H and O–H groups in total. The molecule has 1 heterocycles. The van der Waals surface area contributed by atoms with Crippen LogP contribution in [0.1, 0.15) is 25.0 Å². The summed E-state index contributed by atoms with van der Waals surface area (Å²) in [6, 6.07) is 10.2. The minimum Gasteiger partial charge on any atom is -0.394 e. The van der Waals surface area contributed by atoms with Gasteiger partial charge < -0.3 is 14.6 Å². The minimum atomic E-state index is 0.0782. The third-order valence-electron chi connectivity index (χ3n) is 3.71. The van der Waals surface area contributed by atoms with E-state index in [9.17, 15) is 5.11 Å². The molecule has 2 aromatic rings. The molecule has 0 aliphatic rings. The number of benzene rings is 1. The highest BCUT2D eigenvalue weighted by Gasteiger charge is 2.19. The lowest BCUT2D eigenvalue weighted by atomic mass is 10.1. The van der Waals surface area contributed by atoms with Crippen LogP contribution in [0.15, 0.2) is 30.3 Å². The van der Waals surface area contributed by atoms with Crippen LogP contribution in [-0.4, -0.2) is 32.5 Å². The third kappa shape index (κ3) is 2.99. The van der Waals surface area contributed by atoms with Crippen LogP contribution in [0, 0.1) is 6.92 Å². The van der Waals surface area contributed by atoms with Gasteiger partial charge in [-0.05, 0) is 25.5 Å². The number of para-hydroxylation sites is 1. The van der Waals surface area contributed by atoms with Gasteiger partial charge in [0.2, 0.25) is 0 Å². The second kappa shape index (κ2) is 6.52. The van der Waals surface area contributed by atoms with Crippen molar-refractivity contribution >= 4 is 5.69 Å². The Morgan fingerprint density at radius 2 is 1.95 bits per heavy atom. The largest absolute Gasteiger partial charge is 0.394 e. The Bertz CT molecular complexity index is 534. The summed E-state index contributed by atoms with van der Waals surface area (Å²) < 4.78 is 1.99. The van der Waals surface area contributed by atoms with Crippen LogP contribution in [-0.2, 0) is 13.6 Å². The summed E-state index contributed by atoms with van der Waals surface area (Å²) in [5.74, 6) is 1.79. The molecule has 1 atom stereocenters. The molecule has 20 heavy (non-hydrogen) atoms. The molecule has 1 unspecified atom stereocenters. The van der Waals surface area contributed by atoms with E-state index >= 15 is 0 Å². The van der Waals surface area contributed by atoms with Gasteiger partial charge in [-0.1, -0.05) is 25.1 Å². The van der Waals surface area contributed by atoms with Gasteiger partial charge in [0, 0.05) is 12.7 Å². The predicted octanol–water partition coefficient (Wildman–Crippen LogP) is 1.90. The SMILES string of the molecule is CCC(CO)N(Cc1nnc(C)n1C)c1ccccc1. The molecule has 1 aromatic heterocycles. The van der Waals surface area contributed by atoms with Gasteiger partial charge in [0.15, 0.2) is 5.82 Å². The van der Waals surface area contributed by atoms with Crippen molar-refractivity contribution in [1.82, 2.24) is 14.8 Å². The van der Waals surface area contributed by atoms with Crippen LogP contribution in [0.4, 0.5) is 5.69 Å². The number of rotatable bonds is 6. The number of nitrogens with zero attached hydrogens (tertiary/aromatic N) is 4. The number of anilines is 1. The van der Waals surface area contributed by atoms with Gasteiger partial charge in [0.05, 0.1) is 19.2 Å². The summed E-state index contributed by atoms with van der Waals surface area (Å²) in [6.45, 7) is 4.79. The van der Waals surface area contributed by atoms with E-state index < -0.39 is 0 Å². The quantitative estimate of drug-likeness (QED) is 0.874. The van der Waals surface area contributed by atoms with Crippen molar-refractivity contribution in [2.24, 2.45) is 7.05 Å². The zero-order chi connectivity index (χ0) is 14.5. The average molecular weight is 274 g/mol. The fraction of sp³-hybridized carbons (Fsp3) is 0.467. The predicted molar refractivity (Wildman–Crippen MR) is 79.5 cm³/mol. The highest BCUT2D eigenvalue weighted by atomic mass is 16.3. The first-order valence-electron chi connectivity index (χ1n) is 6.94. The number of aliphatic hydroxyl groups excluding tert-OH is 1. The highest BCUT2D eigenvalue weighted by Crippen LogP contribution is 2.20. The van der Waals surface area contributed by atoms with Gasteiger partial charge >= 0.3 is 0 Å². The maximum absolute atomic E-state index is 9.63. The summed E-state index contributed by atoms with van der Waals surface area (Å²) in [4.78, 5) is 2.18. The lowest BCUT2D eigenvalue weighted by molar-refractivity contribution is 0.254. The fourth-order valence-corrected chi connectivity index (χ4v) is 2.24. The van der Waals surface area contributed by atoms with Crippen molar-refractivity contribution in [2.75, 3.05) is 11.5 Å². The molecule has 2 rings (SSSR count). The zero-order valence-electron chi connectivity index (χ0n) is 12.3. The maximum Gasteiger partial charge on any atom is 0.152 e. The zero-order valence-corrected chi connectivity index (χ0v) is 12.3. The van der Waals surface area contributed by atoms with E-state index in [1.807, 2.05) is 36.7 Å². The van der Waals surface area contributed by atoms with E-state index in [0.717, 1.165) is 23.8 Å². The average Bonchev–Trinajstić information content (AvgIpc) is 2.80. The Labute approximate surface area is 119 Å². The van der Waals surface area contributed by atoms with Crippen molar-refractivity contribution in [1.29, 1.82) is 0 Å².